The highest BCUT2D eigenvalue weighted by atomic mass is 79.9. The molecule has 1 aromatic heterocycles. The van der Waals surface area contributed by atoms with Crippen molar-refractivity contribution in [3.05, 3.63) is 123 Å². The van der Waals surface area contributed by atoms with E-state index in [1.165, 1.54) is 0 Å². The molecule has 7 nitrogen and oxygen atoms in total. The van der Waals surface area contributed by atoms with Gasteiger partial charge in [-0.05, 0) is 59.3 Å². The van der Waals surface area contributed by atoms with E-state index in [1.54, 1.807) is 0 Å². The third-order valence-corrected chi connectivity index (χ3v) is 8.97. The summed E-state index contributed by atoms with van der Waals surface area (Å²) >= 11 is 4.74. The summed E-state index contributed by atoms with van der Waals surface area (Å²) < 4.78 is 13.4. The predicted molar refractivity (Wildman–Crippen MR) is 163 cm³/mol. The van der Waals surface area contributed by atoms with Crippen LogP contribution in [0.2, 0.25) is 0 Å². The van der Waals surface area contributed by atoms with Gasteiger partial charge in [-0.2, -0.15) is 5.10 Å². The molecular formula is C32H21BrN4O3S. The van der Waals surface area contributed by atoms with Crippen molar-refractivity contribution in [2.24, 2.45) is 5.10 Å². The highest BCUT2D eigenvalue weighted by Crippen LogP contribution is 2.53. The minimum Gasteiger partial charge on any atom is -0.444 e. The summed E-state index contributed by atoms with van der Waals surface area (Å²) in [6, 6.07) is 31.8. The number of rotatable bonds is 3. The molecule has 2 unspecified atom stereocenters. The van der Waals surface area contributed by atoms with Crippen LogP contribution >= 0.6 is 27.7 Å². The maximum absolute atomic E-state index is 13.1. The number of ether oxygens (including phenoxy) is 1. The first-order valence-corrected chi connectivity index (χ1v) is 14.8. The number of carbonyl (C=O) groups excluding carboxylic acids is 1. The van der Waals surface area contributed by atoms with Crippen LogP contribution in [0, 0.1) is 0 Å². The zero-order valence-corrected chi connectivity index (χ0v) is 23.9. The van der Waals surface area contributed by atoms with Crippen molar-refractivity contribution < 1.29 is 14.1 Å². The molecule has 41 heavy (non-hydrogen) atoms. The van der Waals surface area contributed by atoms with Crippen LogP contribution in [0.3, 0.4) is 0 Å². The van der Waals surface area contributed by atoms with Crippen LogP contribution in [0.4, 0.5) is 4.79 Å². The van der Waals surface area contributed by atoms with Gasteiger partial charge >= 0.3 is 5.85 Å². The van der Waals surface area contributed by atoms with E-state index >= 15 is 0 Å². The Bertz CT molecular complexity index is 1910. The van der Waals surface area contributed by atoms with Crippen molar-refractivity contribution in [2.75, 3.05) is 0 Å². The average Bonchev–Trinajstić information content (AvgIpc) is 3.71. The smallest absolute Gasteiger partial charge is 0.314 e. The molecule has 200 valence electrons. The number of hydrazone groups is 1. The largest absolute Gasteiger partial charge is 0.444 e. The number of benzene rings is 4. The Hall–Kier alpha value is -4.34. The molecule has 0 saturated carbocycles. The zero-order valence-electron chi connectivity index (χ0n) is 21.5. The number of nitrogens with zero attached hydrogens (tertiary/aromatic N) is 3. The second-order valence-corrected chi connectivity index (χ2v) is 12.0. The average molecular weight is 622 g/mol. The first-order valence-electron chi connectivity index (χ1n) is 13.2. The Morgan fingerprint density at radius 2 is 1.76 bits per heavy atom. The quantitative estimate of drug-likeness (QED) is 0.220. The fourth-order valence-corrected chi connectivity index (χ4v) is 6.98. The molecule has 4 aromatic carbocycles. The van der Waals surface area contributed by atoms with Crippen LogP contribution in [-0.4, -0.2) is 27.0 Å². The molecule has 0 radical (unpaired) electrons. The summed E-state index contributed by atoms with van der Waals surface area (Å²) in [4.78, 5) is 13.8. The molecule has 0 bridgehead atoms. The lowest BCUT2D eigenvalue weighted by Crippen LogP contribution is -2.61. The maximum Gasteiger partial charge on any atom is 0.314 e. The normalized spacial score (nSPS) is 22.0. The summed E-state index contributed by atoms with van der Waals surface area (Å²) in [6.45, 7) is 0. The lowest BCUT2D eigenvalue weighted by atomic mass is 9.95. The van der Waals surface area contributed by atoms with E-state index in [9.17, 15) is 4.79 Å². The van der Waals surface area contributed by atoms with E-state index in [-0.39, 0.29) is 11.3 Å². The van der Waals surface area contributed by atoms with Gasteiger partial charge in [-0.3, -0.25) is 10.1 Å². The Morgan fingerprint density at radius 3 is 2.56 bits per heavy atom. The van der Waals surface area contributed by atoms with Crippen LogP contribution in [0.15, 0.2) is 116 Å². The minimum atomic E-state index is -1.28. The molecule has 3 aliphatic rings. The summed E-state index contributed by atoms with van der Waals surface area (Å²) in [6.07, 6.45) is 2.67. The summed E-state index contributed by atoms with van der Waals surface area (Å²) in [5.41, 5.74) is 5.61. The number of nitrogens with one attached hydrogen (secondary N) is 1. The Morgan fingerprint density at radius 1 is 0.976 bits per heavy atom. The second kappa shape index (κ2) is 9.36. The Kier molecular flexibility index (Phi) is 5.58. The van der Waals surface area contributed by atoms with Gasteiger partial charge in [0.05, 0.1) is 22.0 Å². The highest BCUT2D eigenvalue weighted by Gasteiger charge is 2.58. The Labute approximate surface area is 248 Å². The van der Waals surface area contributed by atoms with Crippen molar-refractivity contribution in [1.29, 1.82) is 0 Å². The number of halogens is 1. The van der Waals surface area contributed by atoms with Crippen molar-refractivity contribution in [1.82, 2.24) is 15.5 Å². The van der Waals surface area contributed by atoms with E-state index in [2.05, 4.69) is 44.6 Å². The fraction of sp³-hybridized carbons (Fsp3) is 0.0938. The monoisotopic (exact) mass is 620 g/mol. The van der Waals surface area contributed by atoms with Crippen molar-refractivity contribution in [3.63, 3.8) is 0 Å². The van der Waals surface area contributed by atoms with E-state index in [1.807, 2.05) is 89.9 Å². The van der Waals surface area contributed by atoms with E-state index in [0.29, 0.717) is 22.8 Å². The van der Waals surface area contributed by atoms with Crippen molar-refractivity contribution in [2.45, 2.75) is 18.3 Å². The van der Waals surface area contributed by atoms with Crippen LogP contribution in [0.25, 0.3) is 28.3 Å². The minimum absolute atomic E-state index is 0.126. The maximum atomic E-state index is 13.1. The topological polar surface area (TPSA) is 80.0 Å². The molecule has 2 atom stereocenters. The molecule has 1 spiro atoms. The molecular weight excluding hydrogens is 600 g/mol. The van der Waals surface area contributed by atoms with Gasteiger partial charge in [-0.1, -0.05) is 87.8 Å². The Balaban J connectivity index is 1.27. The number of thioether (sulfide) groups is 1. The highest BCUT2D eigenvalue weighted by molar-refractivity contribution is 9.10. The van der Waals surface area contributed by atoms with Gasteiger partial charge in [0.15, 0.2) is 5.76 Å². The number of carbonyl (C=O) groups is 1. The molecule has 1 amide bonds. The van der Waals surface area contributed by atoms with Crippen molar-refractivity contribution >= 4 is 55.6 Å². The lowest BCUT2D eigenvalue weighted by molar-refractivity contribution is -0.0949. The van der Waals surface area contributed by atoms with E-state index in [0.717, 1.165) is 55.1 Å². The first-order chi connectivity index (χ1) is 20.1. The second-order valence-electron chi connectivity index (χ2n) is 10.1. The summed E-state index contributed by atoms with van der Waals surface area (Å²) in [7, 11) is 0. The van der Waals surface area contributed by atoms with Gasteiger partial charge < -0.3 is 9.26 Å². The van der Waals surface area contributed by atoms with Gasteiger partial charge in [0.1, 0.15) is 11.3 Å². The van der Waals surface area contributed by atoms with E-state index in [4.69, 9.17) is 14.4 Å². The van der Waals surface area contributed by atoms with Crippen LogP contribution in [-0.2, 0) is 0 Å². The van der Waals surface area contributed by atoms with Gasteiger partial charge in [0.2, 0.25) is 0 Å². The standard InChI is InChI=1S/C32H21BrN4O3S/c33-22-12-14-28-24(17-22)27-18-26(20-7-3-1-4-8-20)35-37(27)32(39-28)29(41-31(38)34-32)16-19-11-13-25-23(15-19)30(40-36-25)21-9-5-2-6-10-21/h1-17,27H,18H2,(H,34,38). The molecule has 9 heteroatoms. The number of aromatic nitrogens is 1. The molecule has 1 fully saturated rings. The number of hydrogen-bond acceptors (Lipinski definition) is 7. The van der Waals surface area contributed by atoms with Gasteiger partial charge in [0.25, 0.3) is 5.24 Å². The molecule has 3 aliphatic heterocycles. The first kappa shape index (κ1) is 24.5. The SMILES string of the molecule is O=C1NC2(Oc3ccc(Br)cc3C3CC(c4ccccc4)=NN32)C(=Cc2ccc3noc(-c4ccccc4)c3c2)S1. The third kappa shape index (κ3) is 3.99. The molecule has 1 N–H and O–H groups in total. The fourth-order valence-electron chi connectivity index (χ4n) is 5.69. The molecule has 5 aromatic rings. The van der Waals surface area contributed by atoms with Gasteiger partial charge in [-0.15, -0.1) is 0 Å². The molecule has 8 rings (SSSR count). The molecule has 4 heterocycles. The lowest BCUT2D eigenvalue weighted by Gasteiger charge is -2.45. The van der Waals surface area contributed by atoms with Gasteiger partial charge in [0, 0.05) is 22.0 Å². The van der Waals surface area contributed by atoms with Crippen molar-refractivity contribution in [3.8, 4) is 17.1 Å². The molecule has 1 saturated heterocycles. The summed E-state index contributed by atoms with van der Waals surface area (Å²) in [5, 5.41) is 15.1. The van der Waals surface area contributed by atoms with Gasteiger partial charge in [-0.25, -0.2) is 5.01 Å². The predicted octanol–water partition coefficient (Wildman–Crippen LogP) is 7.95. The van der Waals surface area contributed by atoms with Crippen LogP contribution in [0.1, 0.15) is 29.2 Å². The molecule has 0 aliphatic carbocycles. The summed E-state index contributed by atoms with van der Waals surface area (Å²) in [5.74, 6) is 0.137. The number of amides is 1. The van der Waals surface area contributed by atoms with Crippen LogP contribution < -0.4 is 10.1 Å². The number of hydrogen-bond donors (Lipinski definition) is 1. The van der Waals surface area contributed by atoms with Crippen LogP contribution in [0.5, 0.6) is 5.75 Å². The van der Waals surface area contributed by atoms with E-state index < -0.39 is 5.85 Å². The third-order valence-electron chi connectivity index (χ3n) is 7.57. The zero-order chi connectivity index (χ0) is 27.6. The number of fused-ring (bicyclic) bond motifs is 5.